The summed E-state index contributed by atoms with van der Waals surface area (Å²) in [6.07, 6.45) is 2.05. The number of aryl methyl sites for hydroxylation is 2. The third-order valence-electron chi connectivity index (χ3n) is 4.55. The van der Waals surface area contributed by atoms with E-state index in [1.807, 2.05) is 12.1 Å². The van der Waals surface area contributed by atoms with Crippen LogP contribution in [0.4, 0.5) is 0 Å². The van der Waals surface area contributed by atoms with Gasteiger partial charge in [0.1, 0.15) is 11.6 Å². The molecule has 0 radical (unpaired) electrons. The van der Waals surface area contributed by atoms with E-state index in [0.717, 1.165) is 36.5 Å². The molecule has 0 amide bonds. The Bertz CT molecular complexity index is 1020. The maximum absolute atomic E-state index is 5.68. The van der Waals surface area contributed by atoms with E-state index < -0.39 is 0 Å². The molecular formula is C20H22N6O. The summed E-state index contributed by atoms with van der Waals surface area (Å²) in [5.41, 5.74) is 4.71. The molecule has 2 aromatic heterocycles. The zero-order valence-electron chi connectivity index (χ0n) is 15.5. The Labute approximate surface area is 157 Å². The summed E-state index contributed by atoms with van der Waals surface area (Å²) in [5.74, 6) is 2.45. The largest absolute Gasteiger partial charge is 0.485 e. The van der Waals surface area contributed by atoms with Gasteiger partial charge in [-0.25, -0.2) is 4.98 Å². The molecule has 0 unspecified atom stereocenters. The van der Waals surface area contributed by atoms with Crippen LogP contribution >= 0.6 is 0 Å². The Morgan fingerprint density at radius 2 is 1.96 bits per heavy atom. The minimum atomic E-state index is 0.294. The molecule has 0 fully saturated rings. The summed E-state index contributed by atoms with van der Waals surface area (Å²) in [4.78, 5) is 4.89. The van der Waals surface area contributed by atoms with Crippen molar-refractivity contribution in [2.24, 2.45) is 0 Å². The highest BCUT2D eigenvalue weighted by atomic mass is 16.5. The summed E-state index contributed by atoms with van der Waals surface area (Å²) in [7, 11) is 0. The molecule has 0 saturated carbocycles. The molecule has 0 bridgehead atoms. The quantitative estimate of drug-likeness (QED) is 0.545. The number of H-pyrrole nitrogens is 1. The van der Waals surface area contributed by atoms with Crippen molar-refractivity contribution in [1.82, 2.24) is 30.2 Å². The summed E-state index contributed by atoms with van der Waals surface area (Å²) < 4.78 is 8.01. The van der Waals surface area contributed by atoms with Crippen molar-refractivity contribution in [3.63, 3.8) is 0 Å². The molecule has 7 heteroatoms. The number of rotatable bonds is 7. The molecular weight excluding hydrogens is 340 g/mol. The number of para-hydroxylation sites is 1. The molecule has 0 aliphatic carbocycles. The summed E-state index contributed by atoms with van der Waals surface area (Å²) in [6.45, 7) is 5.39. The zero-order chi connectivity index (χ0) is 18.6. The van der Waals surface area contributed by atoms with Gasteiger partial charge in [-0.15, -0.1) is 10.2 Å². The van der Waals surface area contributed by atoms with Crippen molar-refractivity contribution in [3.8, 4) is 5.75 Å². The van der Waals surface area contributed by atoms with Gasteiger partial charge < -0.3 is 9.30 Å². The zero-order valence-corrected chi connectivity index (χ0v) is 15.5. The molecule has 0 spiro atoms. The van der Waals surface area contributed by atoms with Gasteiger partial charge in [0.05, 0.1) is 11.0 Å². The summed E-state index contributed by atoms with van der Waals surface area (Å²) in [6, 6.07) is 14.5. The average Bonchev–Trinajstić information content (AvgIpc) is 3.31. The number of aromatic nitrogens is 6. The fourth-order valence-electron chi connectivity index (χ4n) is 3.19. The van der Waals surface area contributed by atoms with Crippen LogP contribution in [0.3, 0.4) is 0 Å². The monoisotopic (exact) mass is 362 g/mol. The molecule has 0 atom stereocenters. The standard InChI is InChI=1S/C20H22N6O/c1-3-5-19-21-20-14(2)6-4-7-17(20)26(19)12-15-8-10-16(11-9-15)27-13-18-22-24-25-23-18/h4,6-11H,3,5,12-13H2,1-2H3,(H,22,23,24,25). The van der Waals surface area contributed by atoms with E-state index in [2.05, 4.69) is 69.4 Å². The maximum atomic E-state index is 5.68. The second kappa shape index (κ2) is 7.57. The molecule has 7 nitrogen and oxygen atoms in total. The lowest BCUT2D eigenvalue weighted by Crippen LogP contribution is -2.05. The SMILES string of the molecule is CCCc1nc2c(C)cccc2n1Cc1ccc(OCc2nn[nH]n2)cc1. The number of ether oxygens (including phenoxy) is 1. The lowest BCUT2D eigenvalue weighted by Gasteiger charge is -2.10. The van der Waals surface area contributed by atoms with Gasteiger partial charge in [0, 0.05) is 13.0 Å². The predicted octanol–water partition coefficient (Wildman–Crippen LogP) is 3.44. The van der Waals surface area contributed by atoms with E-state index in [4.69, 9.17) is 9.72 Å². The van der Waals surface area contributed by atoms with Gasteiger partial charge in [0.25, 0.3) is 0 Å². The number of imidazole rings is 1. The second-order valence-corrected chi connectivity index (χ2v) is 6.57. The van der Waals surface area contributed by atoms with Crippen molar-refractivity contribution >= 4 is 11.0 Å². The van der Waals surface area contributed by atoms with Gasteiger partial charge in [-0.3, -0.25) is 0 Å². The molecule has 27 heavy (non-hydrogen) atoms. The van der Waals surface area contributed by atoms with Crippen molar-refractivity contribution in [1.29, 1.82) is 0 Å². The lowest BCUT2D eigenvalue weighted by atomic mass is 10.2. The van der Waals surface area contributed by atoms with Crippen LogP contribution in [0.15, 0.2) is 42.5 Å². The fourth-order valence-corrected chi connectivity index (χ4v) is 3.19. The smallest absolute Gasteiger partial charge is 0.211 e. The van der Waals surface area contributed by atoms with E-state index >= 15 is 0 Å². The van der Waals surface area contributed by atoms with Gasteiger partial charge in [-0.1, -0.05) is 36.4 Å². The maximum Gasteiger partial charge on any atom is 0.211 e. The highest BCUT2D eigenvalue weighted by Crippen LogP contribution is 2.23. The number of fused-ring (bicyclic) bond motifs is 1. The van der Waals surface area contributed by atoms with Crippen LogP contribution in [0.1, 0.15) is 36.1 Å². The van der Waals surface area contributed by atoms with Crippen molar-refractivity contribution in [3.05, 3.63) is 65.2 Å². The minimum absolute atomic E-state index is 0.294. The van der Waals surface area contributed by atoms with E-state index in [0.29, 0.717) is 12.4 Å². The number of nitrogens with one attached hydrogen (secondary N) is 1. The second-order valence-electron chi connectivity index (χ2n) is 6.57. The normalized spacial score (nSPS) is 11.2. The average molecular weight is 362 g/mol. The van der Waals surface area contributed by atoms with Gasteiger partial charge in [0.2, 0.25) is 5.82 Å². The number of benzene rings is 2. The Morgan fingerprint density at radius 1 is 1.11 bits per heavy atom. The molecule has 1 N–H and O–H groups in total. The van der Waals surface area contributed by atoms with Crippen LogP contribution in [0, 0.1) is 6.92 Å². The minimum Gasteiger partial charge on any atom is -0.485 e. The molecule has 138 valence electrons. The van der Waals surface area contributed by atoms with Crippen molar-refractivity contribution in [2.75, 3.05) is 0 Å². The van der Waals surface area contributed by atoms with E-state index in [1.165, 1.54) is 16.6 Å². The molecule has 2 heterocycles. The third-order valence-corrected chi connectivity index (χ3v) is 4.55. The number of hydrogen-bond acceptors (Lipinski definition) is 5. The van der Waals surface area contributed by atoms with Crippen LogP contribution < -0.4 is 4.74 Å². The van der Waals surface area contributed by atoms with Crippen molar-refractivity contribution < 1.29 is 4.74 Å². The highest BCUT2D eigenvalue weighted by Gasteiger charge is 2.12. The number of aromatic amines is 1. The third kappa shape index (κ3) is 3.67. The molecule has 4 rings (SSSR count). The van der Waals surface area contributed by atoms with Crippen LogP contribution in [0.5, 0.6) is 5.75 Å². The Hall–Kier alpha value is -3.22. The van der Waals surface area contributed by atoms with E-state index in [9.17, 15) is 0 Å². The molecule has 2 aromatic carbocycles. The molecule has 4 aromatic rings. The topological polar surface area (TPSA) is 81.5 Å². The van der Waals surface area contributed by atoms with Gasteiger partial charge in [-0.05, 0) is 42.7 Å². The van der Waals surface area contributed by atoms with Crippen molar-refractivity contribution in [2.45, 2.75) is 39.8 Å². The Morgan fingerprint density at radius 3 is 2.70 bits per heavy atom. The van der Waals surface area contributed by atoms with E-state index in [-0.39, 0.29) is 0 Å². The number of tetrazole rings is 1. The Balaban J connectivity index is 1.55. The lowest BCUT2D eigenvalue weighted by molar-refractivity contribution is 0.296. The number of hydrogen-bond donors (Lipinski definition) is 1. The van der Waals surface area contributed by atoms with Gasteiger partial charge in [0.15, 0.2) is 6.61 Å². The van der Waals surface area contributed by atoms with Crippen LogP contribution in [-0.2, 0) is 19.6 Å². The Kier molecular flexibility index (Phi) is 4.82. The van der Waals surface area contributed by atoms with Crippen LogP contribution in [0.2, 0.25) is 0 Å². The first-order chi connectivity index (χ1) is 13.2. The summed E-state index contributed by atoms with van der Waals surface area (Å²) >= 11 is 0. The highest BCUT2D eigenvalue weighted by molar-refractivity contribution is 5.79. The first-order valence-electron chi connectivity index (χ1n) is 9.13. The molecule has 0 aliphatic rings. The van der Waals surface area contributed by atoms with Gasteiger partial charge in [-0.2, -0.15) is 5.21 Å². The first-order valence-corrected chi connectivity index (χ1v) is 9.13. The summed E-state index contributed by atoms with van der Waals surface area (Å²) in [5, 5.41) is 13.7. The molecule has 0 saturated heterocycles. The predicted molar refractivity (Wildman–Crippen MR) is 103 cm³/mol. The van der Waals surface area contributed by atoms with E-state index in [1.54, 1.807) is 0 Å². The van der Waals surface area contributed by atoms with Gasteiger partial charge >= 0.3 is 0 Å². The van der Waals surface area contributed by atoms with Crippen LogP contribution in [-0.4, -0.2) is 30.2 Å². The first kappa shape index (κ1) is 17.2. The number of nitrogens with zero attached hydrogens (tertiary/aromatic N) is 5. The fraction of sp³-hybridized carbons (Fsp3) is 0.300. The molecule has 0 aliphatic heterocycles. The van der Waals surface area contributed by atoms with Crippen LogP contribution in [0.25, 0.3) is 11.0 Å².